The third kappa shape index (κ3) is 4.13. The van der Waals surface area contributed by atoms with Crippen molar-refractivity contribution in [1.29, 1.82) is 0 Å². The Labute approximate surface area is 152 Å². The molecule has 2 heteroatoms. The second-order valence-electron chi connectivity index (χ2n) is 7.57. The van der Waals surface area contributed by atoms with E-state index < -0.39 is 0 Å². The molecule has 1 heterocycles. The zero-order valence-corrected chi connectivity index (χ0v) is 15.2. The summed E-state index contributed by atoms with van der Waals surface area (Å²) in [6.07, 6.45) is 6.43. The number of nitrogens with zero attached hydrogens (tertiary/aromatic N) is 2. The molecule has 2 nitrogen and oxygen atoms in total. The smallest absolute Gasteiger partial charge is 0.0352 e. The number of hydrogen-bond acceptors (Lipinski definition) is 2. The quantitative estimate of drug-likeness (QED) is 0.804. The lowest BCUT2D eigenvalue weighted by Crippen LogP contribution is -2.48. The van der Waals surface area contributed by atoms with E-state index in [0.717, 1.165) is 0 Å². The monoisotopic (exact) mass is 334 g/mol. The summed E-state index contributed by atoms with van der Waals surface area (Å²) in [7, 11) is 0. The van der Waals surface area contributed by atoms with E-state index in [1.807, 2.05) is 0 Å². The van der Waals surface area contributed by atoms with Gasteiger partial charge in [0.1, 0.15) is 0 Å². The van der Waals surface area contributed by atoms with E-state index in [4.69, 9.17) is 0 Å². The molecule has 25 heavy (non-hydrogen) atoms. The molecule has 0 unspecified atom stereocenters. The summed E-state index contributed by atoms with van der Waals surface area (Å²) in [4.78, 5) is 5.40. The van der Waals surface area contributed by atoms with Crippen LogP contribution in [0.15, 0.2) is 54.6 Å². The Kier molecular flexibility index (Phi) is 5.49. The lowest BCUT2D eigenvalue weighted by Gasteiger charge is -2.41. The zero-order chi connectivity index (χ0) is 16.9. The maximum absolute atomic E-state index is 2.74. The fourth-order valence-electron chi connectivity index (χ4n) is 4.56. The highest BCUT2D eigenvalue weighted by molar-refractivity contribution is 5.32. The molecule has 1 fully saturated rings. The molecule has 132 valence electrons. The van der Waals surface area contributed by atoms with Gasteiger partial charge in [-0.25, -0.2) is 0 Å². The number of fused-ring (bicyclic) bond motifs is 1. The first-order chi connectivity index (χ1) is 12.4. The van der Waals surface area contributed by atoms with Crippen LogP contribution in [0.25, 0.3) is 0 Å². The average Bonchev–Trinajstić information content (AvgIpc) is 2.69. The van der Waals surface area contributed by atoms with Crippen LogP contribution in [0, 0.1) is 0 Å². The van der Waals surface area contributed by atoms with Gasteiger partial charge in [-0.2, -0.15) is 0 Å². The standard InChI is InChI=1S/C23H30N2/c1-2-8-20(9-3-1)10-7-15-24-16-18-25(19-17-24)23-14-6-12-21-11-4-5-13-22(21)23/h1-5,8-9,11,13,23H,6-7,10,12,14-19H2/t23-/m0/s1. The van der Waals surface area contributed by atoms with Crippen molar-refractivity contribution >= 4 is 0 Å². The van der Waals surface area contributed by atoms with Gasteiger partial charge in [0, 0.05) is 32.2 Å². The Hall–Kier alpha value is -1.64. The van der Waals surface area contributed by atoms with Gasteiger partial charge in [0.2, 0.25) is 0 Å². The predicted octanol–water partition coefficient (Wildman–Crippen LogP) is 4.31. The van der Waals surface area contributed by atoms with Crippen LogP contribution < -0.4 is 0 Å². The van der Waals surface area contributed by atoms with Crippen molar-refractivity contribution in [3.8, 4) is 0 Å². The fraction of sp³-hybridized carbons (Fsp3) is 0.478. The molecule has 2 aromatic rings. The van der Waals surface area contributed by atoms with Crippen molar-refractivity contribution in [3.63, 3.8) is 0 Å². The maximum atomic E-state index is 2.74. The van der Waals surface area contributed by atoms with Gasteiger partial charge in [0.25, 0.3) is 0 Å². The molecule has 1 saturated heterocycles. The van der Waals surface area contributed by atoms with Gasteiger partial charge in [0.15, 0.2) is 0 Å². The summed E-state index contributed by atoms with van der Waals surface area (Å²) in [6.45, 7) is 6.15. The molecule has 4 rings (SSSR count). The highest BCUT2D eigenvalue weighted by Gasteiger charge is 2.28. The summed E-state index contributed by atoms with van der Waals surface area (Å²) < 4.78 is 0. The first-order valence-electron chi connectivity index (χ1n) is 9.98. The number of rotatable bonds is 5. The molecule has 0 N–H and O–H groups in total. The molecule has 0 saturated carbocycles. The van der Waals surface area contributed by atoms with Crippen LogP contribution in [0.2, 0.25) is 0 Å². The van der Waals surface area contributed by atoms with Gasteiger partial charge in [-0.1, -0.05) is 54.6 Å². The highest BCUT2D eigenvalue weighted by atomic mass is 15.3. The third-order valence-electron chi connectivity index (χ3n) is 5.97. The second kappa shape index (κ2) is 8.16. The van der Waals surface area contributed by atoms with E-state index in [-0.39, 0.29) is 0 Å². The number of piperazine rings is 1. The van der Waals surface area contributed by atoms with Crippen molar-refractivity contribution < 1.29 is 0 Å². The Morgan fingerprint density at radius 3 is 2.44 bits per heavy atom. The summed E-state index contributed by atoms with van der Waals surface area (Å²) >= 11 is 0. The molecule has 0 spiro atoms. The normalized spacial score (nSPS) is 21.8. The first kappa shape index (κ1) is 16.8. The molecule has 0 aromatic heterocycles. The van der Waals surface area contributed by atoms with E-state index in [2.05, 4.69) is 64.4 Å². The first-order valence-corrected chi connectivity index (χ1v) is 9.98. The maximum Gasteiger partial charge on any atom is 0.0352 e. The molecule has 1 aliphatic carbocycles. The SMILES string of the molecule is c1ccc(CCCN2CCN([C@H]3CCCc4ccccc43)CC2)cc1. The van der Waals surface area contributed by atoms with Gasteiger partial charge in [-0.3, -0.25) is 4.90 Å². The van der Waals surface area contributed by atoms with E-state index in [9.17, 15) is 0 Å². The minimum atomic E-state index is 0.663. The summed E-state index contributed by atoms with van der Waals surface area (Å²) in [5.74, 6) is 0. The molecule has 1 aliphatic heterocycles. The van der Waals surface area contributed by atoms with Crippen LogP contribution >= 0.6 is 0 Å². The average molecular weight is 335 g/mol. The second-order valence-corrected chi connectivity index (χ2v) is 7.57. The molecular weight excluding hydrogens is 304 g/mol. The van der Waals surface area contributed by atoms with E-state index >= 15 is 0 Å². The van der Waals surface area contributed by atoms with Crippen LogP contribution in [0.3, 0.4) is 0 Å². The topological polar surface area (TPSA) is 6.48 Å². The number of aryl methyl sites for hydroxylation is 2. The van der Waals surface area contributed by atoms with Gasteiger partial charge >= 0.3 is 0 Å². The molecule has 1 atom stereocenters. The van der Waals surface area contributed by atoms with Crippen molar-refractivity contribution in [2.45, 2.75) is 38.1 Å². The molecule has 0 radical (unpaired) electrons. The lowest BCUT2D eigenvalue weighted by atomic mass is 9.86. The lowest BCUT2D eigenvalue weighted by molar-refractivity contribution is 0.0875. The Bertz CT molecular complexity index is 659. The highest BCUT2D eigenvalue weighted by Crippen LogP contribution is 2.34. The van der Waals surface area contributed by atoms with E-state index in [0.29, 0.717) is 6.04 Å². The van der Waals surface area contributed by atoms with Crippen LogP contribution in [0.5, 0.6) is 0 Å². The van der Waals surface area contributed by atoms with Crippen molar-refractivity contribution in [2.75, 3.05) is 32.7 Å². The van der Waals surface area contributed by atoms with Gasteiger partial charge in [-0.15, -0.1) is 0 Å². The van der Waals surface area contributed by atoms with Crippen molar-refractivity contribution in [1.82, 2.24) is 9.80 Å². The fourth-order valence-corrected chi connectivity index (χ4v) is 4.56. The van der Waals surface area contributed by atoms with Crippen LogP contribution in [0.4, 0.5) is 0 Å². The van der Waals surface area contributed by atoms with Crippen LogP contribution in [0.1, 0.15) is 42.0 Å². The van der Waals surface area contributed by atoms with Crippen molar-refractivity contribution in [2.24, 2.45) is 0 Å². The van der Waals surface area contributed by atoms with Gasteiger partial charge in [0.05, 0.1) is 0 Å². The Morgan fingerprint density at radius 2 is 1.60 bits per heavy atom. The summed E-state index contributed by atoms with van der Waals surface area (Å²) in [5.41, 5.74) is 4.66. The molecular formula is C23H30N2. The van der Waals surface area contributed by atoms with E-state index in [1.165, 1.54) is 70.4 Å². The minimum Gasteiger partial charge on any atom is -0.301 e. The van der Waals surface area contributed by atoms with Crippen LogP contribution in [-0.4, -0.2) is 42.5 Å². The largest absolute Gasteiger partial charge is 0.301 e. The third-order valence-corrected chi connectivity index (χ3v) is 5.97. The van der Waals surface area contributed by atoms with E-state index in [1.54, 1.807) is 11.1 Å². The molecule has 2 aromatic carbocycles. The zero-order valence-electron chi connectivity index (χ0n) is 15.2. The molecule has 2 aliphatic rings. The Balaban J connectivity index is 1.26. The molecule has 0 bridgehead atoms. The number of hydrogen-bond donors (Lipinski definition) is 0. The summed E-state index contributed by atoms with van der Waals surface area (Å²) in [6, 6.07) is 20.7. The van der Waals surface area contributed by atoms with Gasteiger partial charge in [-0.05, 0) is 55.3 Å². The predicted molar refractivity (Wildman–Crippen MR) is 105 cm³/mol. The number of benzene rings is 2. The van der Waals surface area contributed by atoms with Crippen LogP contribution in [-0.2, 0) is 12.8 Å². The summed E-state index contributed by atoms with van der Waals surface area (Å²) in [5, 5.41) is 0. The van der Waals surface area contributed by atoms with Gasteiger partial charge < -0.3 is 4.90 Å². The minimum absolute atomic E-state index is 0.663. The van der Waals surface area contributed by atoms with Crippen molar-refractivity contribution in [3.05, 3.63) is 71.3 Å². The molecule has 0 amide bonds. The Morgan fingerprint density at radius 1 is 0.840 bits per heavy atom.